The maximum atomic E-state index is 4.37. The summed E-state index contributed by atoms with van der Waals surface area (Å²) in [5.41, 5.74) is 5.22. The van der Waals surface area contributed by atoms with Crippen LogP contribution >= 0.6 is 7.26 Å². The van der Waals surface area contributed by atoms with Gasteiger partial charge in [-0.15, -0.1) is 0 Å². The first kappa shape index (κ1) is 15.6. The van der Waals surface area contributed by atoms with Gasteiger partial charge in [-0.05, 0) is 0 Å². The molecule has 0 saturated carbocycles. The van der Waals surface area contributed by atoms with Crippen LogP contribution < -0.4 is 15.9 Å². The van der Waals surface area contributed by atoms with Gasteiger partial charge in [0.2, 0.25) is 0 Å². The molecule has 0 unspecified atom stereocenters. The molecule has 0 saturated heterocycles. The average Bonchev–Trinajstić information content (AvgIpc) is 3.01. The van der Waals surface area contributed by atoms with Crippen LogP contribution in [0.3, 0.4) is 0 Å². The molecule has 1 heteroatoms. The van der Waals surface area contributed by atoms with Gasteiger partial charge in [0.25, 0.3) is 0 Å². The van der Waals surface area contributed by atoms with Gasteiger partial charge < -0.3 is 0 Å². The van der Waals surface area contributed by atoms with Crippen molar-refractivity contribution in [3.63, 3.8) is 0 Å². The van der Waals surface area contributed by atoms with Crippen LogP contribution in [0.15, 0.2) is 104 Å². The molecule has 0 nitrogen and oxygen atoms in total. The van der Waals surface area contributed by atoms with Crippen LogP contribution in [0, 0.1) is 0 Å². The van der Waals surface area contributed by atoms with Crippen molar-refractivity contribution in [2.45, 2.75) is 0 Å². The fraction of sp³-hybridized carbons (Fsp3) is 0.0400. The van der Waals surface area contributed by atoms with E-state index in [0.29, 0.717) is 0 Å². The third kappa shape index (κ3) is 2.06. The topological polar surface area (TPSA) is 0 Å². The summed E-state index contributed by atoms with van der Waals surface area (Å²) in [5.74, 6) is 0. The Hall–Kier alpha value is -2.69. The molecule has 0 N–H and O–H groups in total. The van der Waals surface area contributed by atoms with Crippen LogP contribution in [0.4, 0.5) is 0 Å². The Labute approximate surface area is 155 Å². The van der Waals surface area contributed by atoms with Gasteiger partial charge in [0.05, 0.1) is 0 Å². The molecule has 2 aliphatic heterocycles. The first-order chi connectivity index (χ1) is 12.8. The van der Waals surface area contributed by atoms with E-state index in [4.69, 9.17) is 0 Å². The van der Waals surface area contributed by atoms with E-state index in [2.05, 4.69) is 104 Å². The zero-order chi connectivity index (χ0) is 17.6. The second kappa shape index (κ2) is 5.94. The summed E-state index contributed by atoms with van der Waals surface area (Å²) in [6, 6.07) is 27.0. The number of hydrogen-bond donors (Lipinski definition) is 0. The third-order valence-electron chi connectivity index (χ3n) is 5.77. The predicted octanol–water partition coefficient (Wildman–Crippen LogP) is 4.83. The van der Waals surface area contributed by atoms with Gasteiger partial charge in [0.1, 0.15) is 0 Å². The molecule has 0 bridgehead atoms. The van der Waals surface area contributed by atoms with Crippen LogP contribution in [-0.2, 0) is 0 Å². The van der Waals surface area contributed by atoms with Crippen molar-refractivity contribution in [2.24, 2.45) is 0 Å². The van der Waals surface area contributed by atoms with Crippen molar-refractivity contribution >= 4 is 28.7 Å². The number of benzene rings is 3. The SMILES string of the molecule is C=C1/C=C\C=C/C[PH]2(c3ccccc31)c1ccccc1-c1ccccc12. The summed E-state index contributed by atoms with van der Waals surface area (Å²) in [5, 5.41) is 4.56. The molecular formula is C25H21P. The summed E-state index contributed by atoms with van der Waals surface area (Å²) < 4.78 is 0. The van der Waals surface area contributed by atoms with Gasteiger partial charge in [-0.25, -0.2) is 0 Å². The zero-order valence-electron chi connectivity index (χ0n) is 14.7. The molecule has 3 aromatic carbocycles. The van der Waals surface area contributed by atoms with Crippen LogP contribution in [0.25, 0.3) is 16.7 Å². The average molecular weight is 352 g/mol. The molecule has 0 radical (unpaired) electrons. The Morgan fingerprint density at radius 1 is 0.615 bits per heavy atom. The summed E-state index contributed by atoms with van der Waals surface area (Å²) in [6.07, 6.45) is 9.89. The molecule has 0 aliphatic carbocycles. The Morgan fingerprint density at radius 3 is 1.73 bits per heavy atom. The molecule has 5 rings (SSSR count). The van der Waals surface area contributed by atoms with Crippen molar-refractivity contribution < 1.29 is 0 Å². The van der Waals surface area contributed by atoms with Crippen molar-refractivity contribution in [3.05, 3.63) is 109 Å². The van der Waals surface area contributed by atoms with E-state index in [9.17, 15) is 0 Å². The molecule has 0 aromatic heterocycles. The second-order valence-corrected chi connectivity index (χ2v) is 10.9. The van der Waals surface area contributed by atoms with E-state index in [0.717, 1.165) is 11.7 Å². The summed E-state index contributed by atoms with van der Waals surface area (Å²) >= 11 is 0. The first-order valence-corrected chi connectivity index (χ1v) is 11.3. The Kier molecular flexibility index (Phi) is 3.55. The molecule has 26 heavy (non-hydrogen) atoms. The van der Waals surface area contributed by atoms with Gasteiger partial charge in [0, 0.05) is 0 Å². The molecule has 0 fully saturated rings. The molecule has 126 valence electrons. The minimum atomic E-state index is -2.13. The monoisotopic (exact) mass is 352 g/mol. The molecule has 2 heterocycles. The minimum absolute atomic E-state index is 1.08. The van der Waals surface area contributed by atoms with E-state index >= 15 is 0 Å². The number of allylic oxidation sites excluding steroid dienone is 5. The maximum absolute atomic E-state index is 4.37. The van der Waals surface area contributed by atoms with E-state index in [1.165, 1.54) is 32.6 Å². The Balaban J connectivity index is 1.94. The molecular weight excluding hydrogens is 331 g/mol. The van der Waals surface area contributed by atoms with Crippen LogP contribution in [-0.4, -0.2) is 6.16 Å². The third-order valence-corrected chi connectivity index (χ3v) is 10.7. The fourth-order valence-electron chi connectivity index (χ4n) is 4.67. The van der Waals surface area contributed by atoms with E-state index in [1.54, 1.807) is 0 Å². The van der Waals surface area contributed by atoms with Crippen LogP contribution in [0.1, 0.15) is 5.56 Å². The standard InChI is InChI=1S/C25H21P/c1-19-11-3-2-10-18-26(23-15-7-4-12-20(19)23)24-16-8-5-13-21(24)22-14-6-9-17-25(22)26/h2-17,26H,1,18H2/b10-2-,11-3-. The summed E-state index contributed by atoms with van der Waals surface area (Å²) in [6.45, 7) is 4.37. The molecule has 1 spiro atoms. The van der Waals surface area contributed by atoms with Crippen LogP contribution in [0.5, 0.6) is 0 Å². The first-order valence-electron chi connectivity index (χ1n) is 9.14. The van der Waals surface area contributed by atoms with Gasteiger partial charge in [-0.2, -0.15) is 0 Å². The number of rotatable bonds is 0. The van der Waals surface area contributed by atoms with E-state index < -0.39 is 7.26 Å². The Bertz CT molecular complexity index is 1040. The molecule has 3 aromatic rings. The van der Waals surface area contributed by atoms with Crippen molar-refractivity contribution in [3.8, 4) is 11.1 Å². The molecule has 2 aliphatic rings. The van der Waals surface area contributed by atoms with E-state index in [1.807, 2.05) is 0 Å². The van der Waals surface area contributed by atoms with Gasteiger partial charge >= 0.3 is 155 Å². The number of hydrogen-bond acceptors (Lipinski definition) is 0. The predicted molar refractivity (Wildman–Crippen MR) is 118 cm³/mol. The van der Waals surface area contributed by atoms with Gasteiger partial charge in [-0.1, -0.05) is 0 Å². The second-order valence-electron chi connectivity index (χ2n) is 7.06. The number of fused-ring (bicyclic) bond motifs is 7. The van der Waals surface area contributed by atoms with Gasteiger partial charge in [-0.3, -0.25) is 0 Å². The van der Waals surface area contributed by atoms with Gasteiger partial charge in [0.15, 0.2) is 0 Å². The Morgan fingerprint density at radius 2 is 1.12 bits per heavy atom. The van der Waals surface area contributed by atoms with Crippen molar-refractivity contribution in [1.29, 1.82) is 0 Å². The normalized spacial score (nSPS) is 20.1. The summed E-state index contributed by atoms with van der Waals surface area (Å²) in [4.78, 5) is 0. The summed E-state index contributed by atoms with van der Waals surface area (Å²) in [7, 11) is -2.13. The molecule has 0 atom stereocenters. The quantitative estimate of drug-likeness (QED) is 0.508. The van der Waals surface area contributed by atoms with Crippen LogP contribution in [0.2, 0.25) is 0 Å². The molecule has 0 amide bonds. The van der Waals surface area contributed by atoms with E-state index in [-0.39, 0.29) is 0 Å². The fourth-order valence-corrected chi connectivity index (χ4v) is 9.89. The van der Waals surface area contributed by atoms with Crippen molar-refractivity contribution in [2.75, 3.05) is 6.16 Å². The van der Waals surface area contributed by atoms with Crippen molar-refractivity contribution in [1.82, 2.24) is 0 Å². The zero-order valence-corrected chi connectivity index (χ0v) is 15.7.